The van der Waals surface area contributed by atoms with Crippen molar-refractivity contribution in [2.75, 3.05) is 5.32 Å². The number of nitrogens with one attached hydrogen (secondary N) is 1. The number of nitrogens with zero attached hydrogens (tertiary/aromatic N) is 2. The van der Waals surface area contributed by atoms with Crippen LogP contribution >= 0.6 is 11.3 Å². The molecule has 0 saturated heterocycles. The van der Waals surface area contributed by atoms with Crippen LogP contribution in [0, 0.1) is 6.92 Å². The maximum Gasteiger partial charge on any atom is 0.348 e. The number of carbonyl (C=O) groups excluding carboxylic acids is 1. The number of carbonyl (C=O) groups is 1. The molecule has 5 rings (SSSR count). The van der Waals surface area contributed by atoms with Crippen molar-refractivity contribution in [3.63, 3.8) is 0 Å². The van der Waals surface area contributed by atoms with Crippen molar-refractivity contribution >= 4 is 39.0 Å². The van der Waals surface area contributed by atoms with E-state index in [1.54, 1.807) is 0 Å². The topological polar surface area (TPSA) is 73.3 Å². The zero-order valence-electron chi connectivity index (χ0n) is 18.4. The number of anilines is 2. The van der Waals surface area contributed by atoms with Gasteiger partial charge in [0.1, 0.15) is 33.7 Å². The Labute approximate surface area is 196 Å². The van der Waals surface area contributed by atoms with Gasteiger partial charge < -0.3 is 14.8 Å². The summed E-state index contributed by atoms with van der Waals surface area (Å²) in [6, 6.07) is 17.3. The Bertz CT molecular complexity index is 1270. The van der Waals surface area contributed by atoms with Crippen molar-refractivity contribution in [3.8, 4) is 11.5 Å². The lowest BCUT2D eigenvalue weighted by Gasteiger charge is -2.21. The van der Waals surface area contributed by atoms with Gasteiger partial charge in [0.15, 0.2) is 5.75 Å². The summed E-state index contributed by atoms with van der Waals surface area (Å²) >= 11 is 1.36. The van der Waals surface area contributed by atoms with Crippen LogP contribution in [0.4, 0.5) is 11.5 Å². The fraction of sp³-hybridized carbons (Fsp3) is 0.269. The Morgan fingerprint density at radius 1 is 1.00 bits per heavy atom. The standard InChI is InChI=1S/C26H25N3O3S/c1-17-22-24(29-20-14-8-9-15-21(20)31-18-10-4-2-5-11-18)27-16-28-25(22)33-23(17)26(30)32-19-12-6-3-7-13-19/h2,4-5,8-11,14-16,19H,3,6-7,12-13H2,1H3,(H,27,28,29). The molecular weight excluding hydrogens is 434 g/mol. The molecule has 4 aromatic rings. The normalized spacial score (nSPS) is 14.2. The maximum absolute atomic E-state index is 12.9. The van der Waals surface area contributed by atoms with Gasteiger partial charge in [-0.15, -0.1) is 11.3 Å². The SMILES string of the molecule is Cc1c(C(=O)OC2CCCCC2)sc2ncnc(Nc3ccccc3Oc3ccccc3)c12. The molecule has 0 spiro atoms. The van der Waals surface area contributed by atoms with Gasteiger partial charge in [-0.05, 0) is 62.4 Å². The van der Waals surface area contributed by atoms with Crippen LogP contribution in [-0.4, -0.2) is 22.0 Å². The first-order chi connectivity index (χ1) is 16.2. The van der Waals surface area contributed by atoms with E-state index in [-0.39, 0.29) is 12.1 Å². The molecule has 1 saturated carbocycles. The molecule has 2 heterocycles. The minimum absolute atomic E-state index is 0.0153. The monoisotopic (exact) mass is 459 g/mol. The van der Waals surface area contributed by atoms with Crippen LogP contribution in [0.5, 0.6) is 11.5 Å². The quantitative estimate of drug-likeness (QED) is 0.312. The minimum Gasteiger partial charge on any atom is -0.458 e. The Morgan fingerprint density at radius 2 is 1.76 bits per heavy atom. The van der Waals surface area contributed by atoms with E-state index in [0.717, 1.165) is 52.9 Å². The summed E-state index contributed by atoms with van der Waals surface area (Å²) < 4.78 is 11.9. The van der Waals surface area contributed by atoms with Gasteiger partial charge >= 0.3 is 5.97 Å². The fourth-order valence-electron chi connectivity index (χ4n) is 4.15. The molecule has 6 nitrogen and oxygen atoms in total. The Kier molecular flexibility index (Phi) is 6.21. The van der Waals surface area contributed by atoms with Gasteiger partial charge in [0, 0.05) is 0 Å². The summed E-state index contributed by atoms with van der Waals surface area (Å²) in [5.74, 6) is 1.80. The van der Waals surface area contributed by atoms with Crippen LogP contribution in [0.15, 0.2) is 60.9 Å². The van der Waals surface area contributed by atoms with Crippen LogP contribution in [0.2, 0.25) is 0 Å². The van der Waals surface area contributed by atoms with Gasteiger partial charge in [0.2, 0.25) is 0 Å². The summed E-state index contributed by atoms with van der Waals surface area (Å²) in [6.07, 6.45) is 6.87. The van der Waals surface area contributed by atoms with Gasteiger partial charge in [-0.2, -0.15) is 0 Å². The third-order valence-electron chi connectivity index (χ3n) is 5.85. The molecule has 0 aliphatic heterocycles. The molecule has 33 heavy (non-hydrogen) atoms. The van der Waals surface area contributed by atoms with E-state index in [1.807, 2.05) is 61.5 Å². The number of hydrogen-bond acceptors (Lipinski definition) is 7. The van der Waals surface area contributed by atoms with Gasteiger partial charge in [-0.3, -0.25) is 0 Å². The number of para-hydroxylation sites is 3. The molecule has 2 aromatic carbocycles. The second-order valence-corrected chi connectivity index (χ2v) is 9.16. The number of esters is 1. The lowest BCUT2D eigenvalue weighted by molar-refractivity contribution is 0.0216. The van der Waals surface area contributed by atoms with Gasteiger partial charge in [-0.25, -0.2) is 14.8 Å². The minimum atomic E-state index is -0.263. The molecule has 1 aliphatic rings. The third kappa shape index (κ3) is 4.68. The summed E-state index contributed by atoms with van der Waals surface area (Å²) in [5.41, 5.74) is 1.61. The summed E-state index contributed by atoms with van der Waals surface area (Å²) in [7, 11) is 0. The molecule has 0 unspecified atom stereocenters. The van der Waals surface area contributed by atoms with E-state index in [0.29, 0.717) is 16.4 Å². The van der Waals surface area contributed by atoms with E-state index in [9.17, 15) is 4.79 Å². The second-order valence-electron chi connectivity index (χ2n) is 8.16. The molecule has 1 aliphatic carbocycles. The number of aromatic nitrogens is 2. The average Bonchev–Trinajstić information content (AvgIpc) is 3.19. The van der Waals surface area contributed by atoms with Gasteiger partial charge in [0.25, 0.3) is 0 Å². The Morgan fingerprint density at radius 3 is 2.58 bits per heavy atom. The highest BCUT2D eigenvalue weighted by Gasteiger charge is 2.24. The van der Waals surface area contributed by atoms with Crippen LogP contribution < -0.4 is 10.1 Å². The summed E-state index contributed by atoms with van der Waals surface area (Å²) in [5, 5.41) is 4.22. The van der Waals surface area contributed by atoms with E-state index < -0.39 is 0 Å². The lowest BCUT2D eigenvalue weighted by atomic mass is 9.98. The number of rotatable bonds is 6. The van der Waals surface area contributed by atoms with E-state index in [4.69, 9.17) is 9.47 Å². The molecule has 2 aromatic heterocycles. The first kappa shape index (κ1) is 21.4. The Balaban J connectivity index is 1.43. The second kappa shape index (κ2) is 9.58. The maximum atomic E-state index is 12.9. The van der Waals surface area contributed by atoms with Crippen molar-refractivity contribution in [1.82, 2.24) is 9.97 Å². The number of thiophene rings is 1. The van der Waals surface area contributed by atoms with E-state index >= 15 is 0 Å². The first-order valence-electron chi connectivity index (χ1n) is 11.2. The largest absolute Gasteiger partial charge is 0.458 e. The predicted molar refractivity (Wildman–Crippen MR) is 131 cm³/mol. The highest BCUT2D eigenvalue weighted by atomic mass is 32.1. The van der Waals surface area contributed by atoms with Crippen LogP contribution in [-0.2, 0) is 4.74 Å². The fourth-order valence-corrected chi connectivity index (χ4v) is 5.18. The smallest absolute Gasteiger partial charge is 0.348 e. The molecule has 1 fully saturated rings. The Hall–Kier alpha value is -3.45. The number of aryl methyl sites for hydroxylation is 1. The van der Waals surface area contributed by atoms with E-state index in [2.05, 4.69) is 15.3 Å². The van der Waals surface area contributed by atoms with Gasteiger partial charge in [0.05, 0.1) is 11.1 Å². The molecule has 1 N–H and O–H groups in total. The molecule has 0 bridgehead atoms. The van der Waals surface area contributed by atoms with Crippen molar-refractivity contribution in [1.29, 1.82) is 0 Å². The van der Waals surface area contributed by atoms with E-state index in [1.165, 1.54) is 24.1 Å². The van der Waals surface area contributed by atoms with Crippen LogP contribution in [0.3, 0.4) is 0 Å². The number of fused-ring (bicyclic) bond motifs is 1. The average molecular weight is 460 g/mol. The van der Waals surface area contributed by atoms with Crippen molar-refractivity contribution in [2.24, 2.45) is 0 Å². The number of hydrogen-bond donors (Lipinski definition) is 1. The lowest BCUT2D eigenvalue weighted by Crippen LogP contribution is -2.20. The molecular formula is C26H25N3O3S. The van der Waals surface area contributed by atoms with Crippen molar-refractivity contribution < 1.29 is 14.3 Å². The highest BCUT2D eigenvalue weighted by molar-refractivity contribution is 7.20. The zero-order chi connectivity index (χ0) is 22.6. The molecule has 7 heteroatoms. The molecule has 168 valence electrons. The zero-order valence-corrected chi connectivity index (χ0v) is 19.2. The van der Waals surface area contributed by atoms with Crippen LogP contribution in [0.25, 0.3) is 10.2 Å². The van der Waals surface area contributed by atoms with Gasteiger partial charge in [-0.1, -0.05) is 36.8 Å². The summed E-state index contributed by atoms with van der Waals surface area (Å²) in [6.45, 7) is 1.93. The molecule has 0 amide bonds. The number of benzene rings is 2. The van der Waals surface area contributed by atoms with Crippen molar-refractivity contribution in [2.45, 2.75) is 45.1 Å². The first-order valence-corrected chi connectivity index (χ1v) is 12.0. The highest BCUT2D eigenvalue weighted by Crippen LogP contribution is 2.37. The van der Waals surface area contributed by atoms with Crippen LogP contribution in [0.1, 0.15) is 47.3 Å². The molecule has 0 atom stereocenters. The molecule has 0 radical (unpaired) electrons. The number of ether oxygens (including phenoxy) is 2. The predicted octanol–water partition coefficient (Wildman–Crippen LogP) is 7.03. The summed E-state index contributed by atoms with van der Waals surface area (Å²) in [4.78, 5) is 23.2. The third-order valence-corrected chi connectivity index (χ3v) is 7.03. The van der Waals surface area contributed by atoms with Crippen molar-refractivity contribution in [3.05, 3.63) is 71.4 Å².